The standard InChI is InChI=1S/C26H32N2O4/c29-26(21-7-4-8-22(17-21)32-16-12-27-10-14-30-15-11-27)28-18-23(20-5-2-1-3-6-20)24-19-31-13-9-25(24)28/h1-8,17,23-25H,9-16,18-19H2/t23-,24-,25-/m1/s1. The molecule has 0 N–H and O–H groups in total. The molecule has 6 nitrogen and oxygen atoms in total. The molecule has 170 valence electrons. The summed E-state index contributed by atoms with van der Waals surface area (Å²) >= 11 is 0. The number of amides is 1. The van der Waals surface area contributed by atoms with Gasteiger partial charge in [0.25, 0.3) is 5.91 Å². The molecule has 32 heavy (non-hydrogen) atoms. The molecule has 0 saturated carbocycles. The van der Waals surface area contributed by atoms with Crippen molar-refractivity contribution in [1.29, 1.82) is 0 Å². The summed E-state index contributed by atoms with van der Waals surface area (Å²) in [6, 6.07) is 18.4. The smallest absolute Gasteiger partial charge is 0.254 e. The summed E-state index contributed by atoms with van der Waals surface area (Å²) in [7, 11) is 0. The fraction of sp³-hybridized carbons (Fsp3) is 0.500. The van der Waals surface area contributed by atoms with Crippen molar-refractivity contribution in [3.05, 3.63) is 65.7 Å². The lowest BCUT2D eigenvalue weighted by Gasteiger charge is -2.32. The molecular formula is C26H32N2O4. The Labute approximate surface area is 190 Å². The van der Waals surface area contributed by atoms with E-state index in [1.165, 1.54) is 5.56 Å². The lowest BCUT2D eigenvalue weighted by Crippen LogP contribution is -2.42. The van der Waals surface area contributed by atoms with E-state index in [-0.39, 0.29) is 11.9 Å². The summed E-state index contributed by atoms with van der Waals surface area (Å²) < 4.78 is 17.2. The Morgan fingerprint density at radius 2 is 1.84 bits per heavy atom. The average Bonchev–Trinajstić information content (AvgIpc) is 3.25. The van der Waals surface area contributed by atoms with Crippen LogP contribution in [0.5, 0.6) is 5.75 Å². The SMILES string of the molecule is O=C(c1cccc(OCCN2CCOCC2)c1)N1C[C@H](c2ccccc2)[C@H]2COCC[C@H]21. The normalized spacial score (nSPS) is 26.0. The largest absolute Gasteiger partial charge is 0.492 e. The predicted octanol–water partition coefficient (Wildman–Crippen LogP) is 3.04. The number of carbonyl (C=O) groups excluding carboxylic acids is 1. The van der Waals surface area contributed by atoms with Crippen LogP contribution in [0.3, 0.4) is 0 Å². The van der Waals surface area contributed by atoms with Crippen molar-refractivity contribution in [2.75, 3.05) is 59.2 Å². The molecule has 2 aromatic rings. The number of nitrogens with zero attached hydrogens (tertiary/aromatic N) is 2. The second-order valence-corrected chi connectivity index (χ2v) is 8.90. The highest BCUT2D eigenvalue weighted by atomic mass is 16.5. The van der Waals surface area contributed by atoms with Crippen LogP contribution < -0.4 is 4.74 Å². The molecule has 3 aliphatic rings. The van der Waals surface area contributed by atoms with Crippen molar-refractivity contribution in [2.45, 2.75) is 18.4 Å². The van der Waals surface area contributed by atoms with E-state index < -0.39 is 0 Å². The van der Waals surface area contributed by atoms with Gasteiger partial charge in [-0.25, -0.2) is 0 Å². The number of ether oxygens (including phenoxy) is 3. The third-order valence-corrected chi connectivity index (χ3v) is 7.02. The van der Waals surface area contributed by atoms with Gasteiger partial charge in [-0.15, -0.1) is 0 Å². The summed E-state index contributed by atoms with van der Waals surface area (Å²) in [5, 5.41) is 0. The first-order valence-electron chi connectivity index (χ1n) is 11.8. The van der Waals surface area contributed by atoms with Crippen LogP contribution in [0.25, 0.3) is 0 Å². The third kappa shape index (κ3) is 4.68. The highest BCUT2D eigenvalue weighted by Gasteiger charge is 2.46. The van der Waals surface area contributed by atoms with Crippen LogP contribution in [0.2, 0.25) is 0 Å². The summed E-state index contributed by atoms with van der Waals surface area (Å²) in [6.07, 6.45) is 0.898. The lowest BCUT2D eigenvalue weighted by atomic mass is 9.84. The molecule has 0 aromatic heterocycles. The molecule has 3 heterocycles. The van der Waals surface area contributed by atoms with Crippen molar-refractivity contribution < 1.29 is 19.0 Å². The van der Waals surface area contributed by atoms with E-state index in [0.29, 0.717) is 24.0 Å². The van der Waals surface area contributed by atoms with Gasteiger partial charge < -0.3 is 19.1 Å². The number of benzene rings is 2. The molecule has 5 rings (SSSR count). The fourth-order valence-corrected chi connectivity index (χ4v) is 5.29. The van der Waals surface area contributed by atoms with Gasteiger partial charge in [0.15, 0.2) is 0 Å². The number of morpholine rings is 1. The van der Waals surface area contributed by atoms with E-state index in [2.05, 4.69) is 34.1 Å². The molecule has 2 aromatic carbocycles. The van der Waals surface area contributed by atoms with Gasteiger partial charge in [0.05, 0.1) is 19.8 Å². The highest BCUT2D eigenvalue weighted by Crippen LogP contribution is 2.41. The Morgan fingerprint density at radius 1 is 1.00 bits per heavy atom. The molecule has 1 amide bonds. The Balaban J connectivity index is 1.26. The maximum Gasteiger partial charge on any atom is 0.254 e. The van der Waals surface area contributed by atoms with E-state index in [0.717, 1.165) is 64.8 Å². The second-order valence-electron chi connectivity index (χ2n) is 8.90. The Bertz CT molecular complexity index is 900. The van der Waals surface area contributed by atoms with Crippen molar-refractivity contribution in [3.8, 4) is 5.75 Å². The summed E-state index contributed by atoms with van der Waals surface area (Å²) in [5.41, 5.74) is 2.00. The predicted molar refractivity (Wildman–Crippen MR) is 122 cm³/mol. The van der Waals surface area contributed by atoms with Crippen LogP contribution in [0.4, 0.5) is 0 Å². The zero-order valence-corrected chi connectivity index (χ0v) is 18.5. The Kier molecular flexibility index (Phi) is 6.72. The first-order valence-corrected chi connectivity index (χ1v) is 11.8. The van der Waals surface area contributed by atoms with Crippen molar-refractivity contribution >= 4 is 5.91 Å². The average molecular weight is 437 g/mol. The molecule has 0 bridgehead atoms. The first-order chi connectivity index (χ1) is 15.8. The van der Waals surface area contributed by atoms with Gasteiger partial charge in [0.2, 0.25) is 0 Å². The first kappa shape index (κ1) is 21.4. The quantitative estimate of drug-likeness (QED) is 0.697. The molecule has 3 atom stereocenters. The van der Waals surface area contributed by atoms with Crippen molar-refractivity contribution in [2.24, 2.45) is 5.92 Å². The van der Waals surface area contributed by atoms with E-state index in [1.54, 1.807) is 0 Å². The number of carbonyl (C=O) groups is 1. The van der Waals surface area contributed by atoms with Gasteiger partial charge in [0.1, 0.15) is 12.4 Å². The third-order valence-electron chi connectivity index (χ3n) is 7.02. The van der Waals surface area contributed by atoms with Crippen LogP contribution in [0.15, 0.2) is 54.6 Å². The molecule has 3 saturated heterocycles. The molecule has 0 spiro atoms. The molecule has 6 heteroatoms. The highest BCUT2D eigenvalue weighted by molar-refractivity contribution is 5.95. The minimum atomic E-state index is 0.0963. The minimum Gasteiger partial charge on any atom is -0.492 e. The van der Waals surface area contributed by atoms with Gasteiger partial charge >= 0.3 is 0 Å². The lowest BCUT2D eigenvalue weighted by molar-refractivity contribution is 0.0188. The zero-order valence-electron chi connectivity index (χ0n) is 18.5. The van der Waals surface area contributed by atoms with E-state index >= 15 is 0 Å². The molecular weight excluding hydrogens is 404 g/mol. The van der Waals surface area contributed by atoms with Crippen LogP contribution in [0.1, 0.15) is 28.3 Å². The number of likely N-dealkylation sites (tertiary alicyclic amines) is 1. The zero-order chi connectivity index (χ0) is 21.8. The van der Waals surface area contributed by atoms with Gasteiger partial charge in [-0.05, 0) is 30.2 Å². The fourth-order valence-electron chi connectivity index (χ4n) is 5.29. The molecule has 0 aliphatic carbocycles. The molecule has 0 radical (unpaired) electrons. The van der Waals surface area contributed by atoms with Gasteiger partial charge in [-0.2, -0.15) is 0 Å². The Morgan fingerprint density at radius 3 is 2.69 bits per heavy atom. The van der Waals surface area contributed by atoms with Crippen LogP contribution >= 0.6 is 0 Å². The van der Waals surface area contributed by atoms with Crippen molar-refractivity contribution in [3.63, 3.8) is 0 Å². The number of rotatable bonds is 6. The number of hydrogen-bond acceptors (Lipinski definition) is 5. The summed E-state index contributed by atoms with van der Waals surface area (Å²) in [6.45, 7) is 7.14. The van der Waals surface area contributed by atoms with Crippen LogP contribution in [0, 0.1) is 5.92 Å². The number of hydrogen-bond donors (Lipinski definition) is 0. The minimum absolute atomic E-state index is 0.0963. The van der Waals surface area contributed by atoms with Gasteiger partial charge in [-0.1, -0.05) is 36.4 Å². The maximum absolute atomic E-state index is 13.6. The van der Waals surface area contributed by atoms with Gasteiger partial charge in [0, 0.05) is 56.2 Å². The van der Waals surface area contributed by atoms with E-state index in [9.17, 15) is 4.79 Å². The topological polar surface area (TPSA) is 51.2 Å². The molecule has 3 fully saturated rings. The monoisotopic (exact) mass is 436 g/mol. The maximum atomic E-state index is 13.6. The number of fused-ring (bicyclic) bond motifs is 1. The van der Waals surface area contributed by atoms with Crippen LogP contribution in [-0.4, -0.2) is 81.0 Å². The molecule has 3 aliphatic heterocycles. The van der Waals surface area contributed by atoms with Crippen molar-refractivity contribution in [1.82, 2.24) is 9.80 Å². The van der Waals surface area contributed by atoms with Gasteiger partial charge in [-0.3, -0.25) is 9.69 Å². The second kappa shape index (κ2) is 10.0. The van der Waals surface area contributed by atoms with E-state index in [1.807, 2.05) is 30.3 Å². The van der Waals surface area contributed by atoms with Crippen LogP contribution in [-0.2, 0) is 9.47 Å². The molecule has 0 unspecified atom stereocenters. The summed E-state index contributed by atoms with van der Waals surface area (Å²) in [4.78, 5) is 18.0. The van der Waals surface area contributed by atoms with E-state index in [4.69, 9.17) is 14.2 Å². The summed E-state index contributed by atoms with van der Waals surface area (Å²) in [5.74, 6) is 1.52. The Hall–Kier alpha value is -2.41.